The van der Waals surface area contributed by atoms with E-state index in [0.29, 0.717) is 24.6 Å². The molecule has 1 aromatic heterocycles. The number of aryl methyl sites for hydroxylation is 1. The minimum absolute atomic E-state index is 0.211. The highest BCUT2D eigenvalue weighted by Crippen LogP contribution is 2.32. The molecule has 1 aliphatic rings. The van der Waals surface area contributed by atoms with Crippen LogP contribution in [-0.4, -0.2) is 27.3 Å². The van der Waals surface area contributed by atoms with Gasteiger partial charge in [0.05, 0.1) is 18.2 Å². The molecule has 1 aliphatic carbocycles. The number of amides is 1. The topological polar surface area (TPSA) is 69.9 Å². The number of hydrogen-bond donors (Lipinski definition) is 0. The number of aromatic nitrogens is 2. The van der Waals surface area contributed by atoms with Crippen molar-refractivity contribution in [2.45, 2.75) is 39.7 Å². The maximum Gasteiger partial charge on any atom is 0.225 e. The Hall–Kier alpha value is -2.74. The summed E-state index contributed by atoms with van der Waals surface area (Å²) in [5.41, 5.74) is 3.82. The van der Waals surface area contributed by atoms with E-state index in [1.807, 2.05) is 30.9 Å². The summed E-state index contributed by atoms with van der Waals surface area (Å²) in [6, 6.07) is 10.0. The zero-order valence-electron chi connectivity index (χ0n) is 14.7. The fourth-order valence-electron chi connectivity index (χ4n) is 2.92. The van der Waals surface area contributed by atoms with Crippen molar-refractivity contribution in [3.63, 3.8) is 0 Å². The normalized spacial score (nSPS) is 13.3. The number of hydrogen-bond acceptors (Lipinski definition) is 4. The molecule has 1 amide bonds. The highest BCUT2D eigenvalue weighted by molar-refractivity contribution is 5.81. The average Bonchev–Trinajstić information content (AvgIpc) is 3.45. The second-order valence-electron chi connectivity index (χ2n) is 6.49. The van der Waals surface area contributed by atoms with Gasteiger partial charge in [0.15, 0.2) is 5.82 Å². The molecular formula is C20H22N4O. The van der Waals surface area contributed by atoms with Crippen LogP contribution in [0.3, 0.4) is 0 Å². The fraction of sp³-hybridized carbons (Fsp3) is 0.400. The van der Waals surface area contributed by atoms with Crippen LogP contribution in [0.1, 0.15) is 36.6 Å². The van der Waals surface area contributed by atoms with Gasteiger partial charge in [0.1, 0.15) is 0 Å². The molecule has 1 aromatic carbocycles. The summed E-state index contributed by atoms with van der Waals surface area (Å²) in [5, 5.41) is 8.89. The molecule has 0 bridgehead atoms. The molecule has 128 valence electrons. The quantitative estimate of drug-likeness (QED) is 0.813. The molecule has 5 nitrogen and oxygen atoms in total. The minimum Gasteiger partial charge on any atom is -0.338 e. The van der Waals surface area contributed by atoms with E-state index in [0.717, 1.165) is 29.5 Å². The van der Waals surface area contributed by atoms with Gasteiger partial charge in [-0.2, -0.15) is 5.26 Å². The largest absolute Gasteiger partial charge is 0.338 e. The van der Waals surface area contributed by atoms with E-state index in [1.165, 1.54) is 0 Å². The lowest BCUT2D eigenvalue weighted by atomic mass is 10.0. The van der Waals surface area contributed by atoms with Crippen LogP contribution in [0.15, 0.2) is 30.5 Å². The Balaban J connectivity index is 1.94. The summed E-state index contributed by atoms with van der Waals surface area (Å²) in [7, 11) is 0. The van der Waals surface area contributed by atoms with Gasteiger partial charge in [-0.25, -0.2) is 9.97 Å². The summed E-state index contributed by atoms with van der Waals surface area (Å²) in [6.45, 7) is 5.31. The van der Waals surface area contributed by atoms with Crippen molar-refractivity contribution >= 4 is 5.91 Å². The van der Waals surface area contributed by atoms with E-state index in [-0.39, 0.29) is 18.2 Å². The molecule has 1 saturated carbocycles. The maximum atomic E-state index is 12.5. The van der Waals surface area contributed by atoms with E-state index >= 15 is 0 Å². The molecule has 0 radical (unpaired) electrons. The molecule has 5 heteroatoms. The summed E-state index contributed by atoms with van der Waals surface area (Å²) < 4.78 is 0. The van der Waals surface area contributed by atoms with Gasteiger partial charge in [-0.05, 0) is 38.3 Å². The van der Waals surface area contributed by atoms with Gasteiger partial charge in [0.2, 0.25) is 5.91 Å². The molecule has 0 saturated heterocycles. The first-order chi connectivity index (χ1) is 12.1. The lowest BCUT2D eigenvalue weighted by Gasteiger charge is -2.22. The Morgan fingerprint density at radius 3 is 2.84 bits per heavy atom. The third-order valence-corrected chi connectivity index (χ3v) is 4.46. The molecule has 0 spiro atoms. The standard InChI is InChI=1S/C20H22N4O/c1-3-24(20(25)15-5-6-15)13-16-12-14(2)4-7-18(16)19-22-11-9-17(23-19)8-10-21/h4,7,9,11-12,15H,3,5-6,8,13H2,1-2H3. The van der Waals surface area contributed by atoms with Crippen LogP contribution < -0.4 is 0 Å². The van der Waals surface area contributed by atoms with E-state index in [4.69, 9.17) is 5.26 Å². The van der Waals surface area contributed by atoms with Gasteiger partial charge in [-0.1, -0.05) is 23.8 Å². The second kappa shape index (κ2) is 7.43. The summed E-state index contributed by atoms with van der Waals surface area (Å²) in [4.78, 5) is 23.3. The monoisotopic (exact) mass is 334 g/mol. The van der Waals surface area contributed by atoms with Crippen molar-refractivity contribution in [3.05, 3.63) is 47.3 Å². The Bertz CT molecular complexity index is 821. The molecule has 1 heterocycles. The van der Waals surface area contributed by atoms with Gasteiger partial charge >= 0.3 is 0 Å². The van der Waals surface area contributed by atoms with Crippen LogP contribution in [0, 0.1) is 24.2 Å². The van der Waals surface area contributed by atoms with Gasteiger partial charge < -0.3 is 4.90 Å². The van der Waals surface area contributed by atoms with Crippen LogP contribution >= 0.6 is 0 Å². The lowest BCUT2D eigenvalue weighted by Crippen LogP contribution is -2.31. The zero-order valence-corrected chi connectivity index (χ0v) is 14.7. The van der Waals surface area contributed by atoms with E-state index in [9.17, 15) is 4.79 Å². The number of nitrogens with zero attached hydrogens (tertiary/aromatic N) is 4. The number of benzene rings is 1. The van der Waals surface area contributed by atoms with Crippen LogP contribution in [0.25, 0.3) is 11.4 Å². The SMILES string of the molecule is CCN(Cc1cc(C)ccc1-c1nccc(CC#N)n1)C(=O)C1CC1. The summed E-state index contributed by atoms with van der Waals surface area (Å²) >= 11 is 0. The molecular weight excluding hydrogens is 312 g/mol. The van der Waals surface area contributed by atoms with Crippen molar-refractivity contribution < 1.29 is 4.79 Å². The Kier molecular flexibility index (Phi) is 5.08. The van der Waals surface area contributed by atoms with Crippen LogP contribution in [0.2, 0.25) is 0 Å². The van der Waals surface area contributed by atoms with Gasteiger partial charge in [0, 0.05) is 30.8 Å². The molecule has 2 aromatic rings. The van der Waals surface area contributed by atoms with Crippen molar-refractivity contribution in [2.75, 3.05) is 6.54 Å². The van der Waals surface area contributed by atoms with E-state index in [1.54, 1.807) is 12.3 Å². The highest BCUT2D eigenvalue weighted by Gasteiger charge is 2.33. The molecule has 3 rings (SSSR count). The average molecular weight is 334 g/mol. The van der Waals surface area contributed by atoms with Crippen molar-refractivity contribution in [3.8, 4) is 17.5 Å². The summed E-state index contributed by atoms with van der Waals surface area (Å²) in [6.07, 6.45) is 3.97. The predicted molar refractivity (Wildman–Crippen MR) is 95.3 cm³/mol. The Morgan fingerprint density at radius 2 is 2.16 bits per heavy atom. The number of carbonyl (C=O) groups excluding carboxylic acids is 1. The fourth-order valence-corrected chi connectivity index (χ4v) is 2.92. The first-order valence-electron chi connectivity index (χ1n) is 8.70. The highest BCUT2D eigenvalue weighted by atomic mass is 16.2. The molecule has 0 aliphatic heterocycles. The van der Waals surface area contributed by atoms with E-state index < -0.39 is 0 Å². The van der Waals surface area contributed by atoms with Crippen molar-refractivity contribution in [1.82, 2.24) is 14.9 Å². The van der Waals surface area contributed by atoms with E-state index in [2.05, 4.69) is 22.1 Å². The van der Waals surface area contributed by atoms with Crippen molar-refractivity contribution in [2.24, 2.45) is 5.92 Å². The number of carbonyl (C=O) groups is 1. The second-order valence-corrected chi connectivity index (χ2v) is 6.49. The van der Waals surface area contributed by atoms with Crippen LogP contribution in [0.4, 0.5) is 0 Å². The van der Waals surface area contributed by atoms with Crippen LogP contribution in [0.5, 0.6) is 0 Å². The van der Waals surface area contributed by atoms with Gasteiger partial charge in [-0.3, -0.25) is 4.79 Å². The minimum atomic E-state index is 0.211. The molecule has 25 heavy (non-hydrogen) atoms. The molecule has 0 N–H and O–H groups in total. The summed E-state index contributed by atoms with van der Waals surface area (Å²) in [5.74, 6) is 1.06. The van der Waals surface area contributed by atoms with Gasteiger partial charge in [-0.15, -0.1) is 0 Å². The third kappa shape index (κ3) is 4.03. The first kappa shape index (κ1) is 17.1. The Labute approximate surface area is 148 Å². The molecule has 1 fully saturated rings. The zero-order chi connectivity index (χ0) is 17.8. The Morgan fingerprint density at radius 1 is 1.36 bits per heavy atom. The molecule has 0 atom stereocenters. The predicted octanol–water partition coefficient (Wildman–Crippen LogP) is 3.28. The first-order valence-corrected chi connectivity index (χ1v) is 8.70. The van der Waals surface area contributed by atoms with Crippen LogP contribution in [-0.2, 0) is 17.8 Å². The van der Waals surface area contributed by atoms with Gasteiger partial charge in [0.25, 0.3) is 0 Å². The molecule has 0 unspecified atom stereocenters. The number of rotatable bonds is 6. The van der Waals surface area contributed by atoms with Crippen molar-refractivity contribution in [1.29, 1.82) is 5.26 Å². The maximum absolute atomic E-state index is 12.5. The third-order valence-electron chi connectivity index (χ3n) is 4.46. The number of nitriles is 1. The smallest absolute Gasteiger partial charge is 0.225 e. The lowest BCUT2D eigenvalue weighted by molar-refractivity contribution is -0.132.